The van der Waals surface area contributed by atoms with E-state index < -0.39 is 0 Å². The number of halogens is 1. The van der Waals surface area contributed by atoms with Crippen LogP contribution < -0.4 is 25.8 Å². The number of hydrogen-bond acceptors (Lipinski definition) is 8. The fraction of sp³-hybridized carbons (Fsp3) is 0.118. The van der Waals surface area contributed by atoms with E-state index in [-0.39, 0.29) is 0 Å². The van der Waals surface area contributed by atoms with Crippen molar-refractivity contribution in [2.45, 2.75) is 0 Å². The largest absolute Gasteiger partial charge is 0.495 e. The number of anilines is 5. The molecule has 0 radical (unpaired) electrons. The fourth-order valence-electron chi connectivity index (χ4n) is 2.25. The van der Waals surface area contributed by atoms with Crippen LogP contribution in [0.15, 0.2) is 43.0 Å². The molecule has 2 aromatic heterocycles. The van der Waals surface area contributed by atoms with Crippen molar-refractivity contribution in [2.24, 2.45) is 0 Å². The predicted octanol–water partition coefficient (Wildman–Crippen LogP) is 3.61. The molecule has 2 heterocycles. The fourth-order valence-corrected chi connectivity index (χ4v) is 2.49. The van der Waals surface area contributed by atoms with Gasteiger partial charge in [-0.3, -0.25) is 4.98 Å². The number of nitrogens with zero attached hydrogens (tertiary/aromatic N) is 3. The lowest BCUT2D eigenvalue weighted by Crippen LogP contribution is -2.06. The summed E-state index contributed by atoms with van der Waals surface area (Å²) in [5.41, 5.74) is 7.89. The number of methoxy groups -OCH3 is 2. The molecule has 0 saturated carbocycles. The Balaban J connectivity index is 1.91. The molecule has 0 unspecified atom stereocenters. The topological polar surface area (TPSA) is 107 Å². The first-order chi connectivity index (χ1) is 12.6. The van der Waals surface area contributed by atoms with Crippen LogP contribution in [0, 0.1) is 0 Å². The van der Waals surface area contributed by atoms with Gasteiger partial charge in [-0.2, -0.15) is 0 Å². The first kappa shape index (κ1) is 17.6. The lowest BCUT2D eigenvalue weighted by Gasteiger charge is -2.15. The van der Waals surface area contributed by atoms with Crippen LogP contribution >= 0.6 is 11.6 Å². The highest BCUT2D eigenvalue weighted by atomic mass is 35.5. The minimum absolute atomic E-state index is 0.338. The van der Waals surface area contributed by atoms with Gasteiger partial charge in [0.05, 0.1) is 36.8 Å². The molecule has 8 nitrogen and oxygen atoms in total. The summed E-state index contributed by atoms with van der Waals surface area (Å²) in [4.78, 5) is 12.4. The van der Waals surface area contributed by atoms with E-state index in [0.29, 0.717) is 39.5 Å². The zero-order valence-electron chi connectivity index (χ0n) is 14.2. The number of ether oxygens (including phenoxy) is 2. The summed E-state index contributed by atoms with van der Waals surface area (Å²) in [5.74, 6) is 1.90. The Hall–Kier alpha value is -3.26. The first-order valence-corrected chi connectivity index (χ1v) is 7.96. The smallest absolute Gasteiger partial charge is 0.159 e. The molecule has 0 amide bonds. The van der Waals surface area contributed by atoms with Crippen LogP contribution in [0.25, 0.3) is 0 Å². The highest BCUT2D eigenvalue weighted by Crippen LogP contribution is 2.38. The van der Waals surface area contributed by atoms with Crippen LogP contribution in [0.5, 0.6) is 11.5 Å². The number of nitrogens with two attached hydrogens (primary N) is 1. The molecule has 3 rings (SSSR count). The highest BCUT2D eigenvalue weighted by Gasteiger charge is 2.14. The normalized spacial score (nSPS) is 10.3. The van der Waals surface area contributed by atoms with Crippen molar-refractivity contribution in [2.75, 3.05) is 30.6 Å². The van der Waals surface area contributed by atoms with Crippen LogP contribution in [-0.4, -0.2) is 29.2 Å². The Morgan fingerprint density at radius 2 is 1.77 bits per heavy atom. The summed E-state index contributed by atoms with van der Waals surface area (Å²) in [5, 5.41) is 6.64. The summed E-state index contributed by atoms with van der Waals surface area (Å²) >= 11 is 6.20. The molecule has 0 aliphatic heterocycles. The second-order valence-corrected chi connectivity index (χ2v) is 5.57. The lowest BCUT2D eigenvalue weighted by atomic mass is 10.2. The molecule has 0 aliphatic carbocycles. The summed E-state index contributed by atoms with van der Waals surface area (Å²) in [6.07, 6.45) is 4.75. The maximum atomic E-state index is 6.20. The van der Waals surface area contributed by atoms with Crippen molar-refractivity contribution in [3.8, 4) is 11.5 Å². The zero-order valence-corrected chi connectivity index (χ0v) is 14.9. The van der Waals surface area contributed by atoms with Gasteiger partial charge in [0.1, 0.15) is 23.5 Å². The Labute approximate surface area is 155 Å². The minimum atomic E-state index is 0.338. The molecule has 0 bridgehead atoms. The third-order valence-corrected chi connectivity index (χ3v) is 3.83. The van der Waals surface area contributed by atoms with E-state index in [1.54, 1.807) is 31.6 Å². The van der Waals surface area contributed by atoms with Crippen LogP contribution in [0.1, 0.15) is 0 Å². The summed E-state index contributed by atoms with van der Waals surface area (Å²) in [6, 6.07) is 7.02. The monoisotopic (exact) mass is 372 g/mol. The molecule has 0 saturated heterocycles. The van der Waals surface area contributed by atoms with Gasteiger partial charge >= 0.3 is 0 Å². The van der Waals surface area contributed by atoms with Crippen molar-refractivity contribution in [3.05, 3.63) is 48.0 Å². The Morgan fingerprint density at radius 1 is 1.04 bits per heavy atom. The number of nitrogen functional groups attached to an aromatic ring is 1. The summed E-state index contributed by atoms with van der Waals surface area (Å²) in [7, 11) is 3.08. The van der Waals surface area contributed by atoms with Gasteiger partial charge in [0.2, 0.25) is 0 Å². The van der Waals surface area contributed by atoms with Crippen molar-refractivity contribution < 1.29 is 9.47 Å². The number of benzene rings is 1. The molecule has 0 atom stereocenters. The third-order valence-electron chi connectivity index (χ3n) is 3.54. The van der Waals surface area contributed by atoms with Crippen molar-refractivity contribution in [1.82, 2.24) is 15.0 Å². The maximum absolute atomic E-state index is 6.20. The molecule has 134 valence electrons. The average molecular weight is 373 g/mol. The van der Waals surface area contributed by atoms with Gasteiger partial charge in [0.25, 0.3) is 0 Å². The Kier molecular flexibility index (Phi) is 5.23. The van der Waals surface area contributed by atoms with Gasteiger partial charge in [0, 0.05) is 12.3 Å². The van der Waals surface area contributed by atoms with Crippen LogP contribution in [0.4, 0.5) is 28.7 Å². The summed E-state index contributed by atoms with van der Waals surface area (Å²) in [6.45, 7) is 0. The van der Waals surface area contributed by atoms with Gasteiger partial charge in [-0.25, -0.2) is 9.97 Å². The first-order valence-electron chi connectivity index (χ1n) is 7.58. The molecule has 9 heteroatoms. The van der Waals surface area contributed by atoms with Crippen molar-refractivity contribution >= 4 is 40.3 Å². The van der Waals surface area contributed by atoms with E-state index in [2.05, 4.69) is 25.6 Å². The number of nitrogens with one attached hydrogen (secondary N) is 2. The highest BCUT2D eigenvalue weighted by molar-refractivity contribution is 6.32. The molecule has 26 heavy (non-hydrogen) atoms. The number of pyridine rings is 1. The second kappa shape index (κ2) is 7.75. The minimum Gasteiger partial charge on any atom is -0.495 e. The summed E-state index contributed by atoms with van der Waals surface area (Å²) < 4.78 is 10.6. The molecule has 0 spiro atoms. The third kappa shape index (κ3) is 3.70. The van der Waals surface area contributed by atoms with Gasteiger partial charge in [0.15, 0.2) is 11.6 Å². The Bertz CT molecular complexity index is 907. The SMILES string of the molecule is COc1cc(OC)c(Nc2ncnc(Nc3cccnc3)c2N)cc1Cl. The maximum Gasteiger partial charge on any atom is 0.159 e. The van der Waals surface area contributed by atoms with Gasteiger partial charge in [-0.15, -0.1) is 0 Å². The van der Waals surface area contributed by atoms with Gasteiger partial charge < -0.3 is 25.8 Å². The van der Waals surface area contributed by atoms with E-state index in [4.69, 9.17) is 26.8 Å². The van der Waals surface area contributed by atoms with Crippen LogP contribution in [0.3, 0.4) is 0 Å². The van der Waals surface area contributed by atoms with E-state index in [9.17, 15) is 0 Å². The molecule has 0 fully saturated rings. The quantitative estimate of drug-likeness (QED) is 0.602. The molecular formula is C17H17ClN6O2. The predicted molar refractivity (Wildman–Crippen MR) is 102 cm³/mol. The lowest BCUT2D eigenvalue weighted by molar-refractivity contribution is 0.396. The molecule has 1 aromatic carbocycles. The number of rotatable bonds is 6. The molecular weight excluding hydrogens is 356 g/mol. The van der Waals surface area contributed by atoms with Crippen LogP contribution in [-0.2, 0) is 0 Å². The molecule has 3 aromatic rings. The Morgan fingerprint density at radius 3 is 2.42 bits per heavy atom. The van der Waals surface area contributed by atoms with Crippen molar-refractivity contribution in [3.63, 3.8) is 0 Å². The number of hydrogen-bond donors (Lipinski definition) is 3. The molecule has 4 N–H and O–H groups in total. The van der Waals surface area contributed by atoms with E-state index >= 15 is 0 Å². The molecule has 0 aliphatic rings. The van der Waals surface area contributed by atoms with Crippen LogP contribution in [0.2, 0.25) is 5.02 Å². The second-order valence-electron chi connectivity index (χ2n) is 5.16. The zero-order chi connectivity index (χ0) is 18.5. The standard InChI is InChI=1S/C17H17ClN6O2/c1-25-13-7-14(26-2)12(6-11(13)18)24-17-15(19)16(21-9-22-17)23-10-4-3-5-20-8-10/h3-9H,19H2,1-2H3,(H2,21,22,23,24). The van der Waals surface area contributed by atoms with E-state index in [0.717, 1.165) is 5.69 Å². The van der Waals surface area contributed by atoms with Crippen molar-refractivity contribution in [1.29, 1.82) is 0 Å². The number of aromatic nitrogens is 3. The van der Waals surface area contributed by atoms with E-state index in [1.807, 2.05) is 12.1 Å². The van der Waals surface area contributed by atoms with Gasteiger partial charge in [-0.05, 0) is 18.2 Å². The van der Waals surface area contributed by atoms with Gasteiger partial charge in [-0.1, -0.05) is 11.6 Å². The van der Waals surface area contributed by atoms with E-state index in [1.165, 1.54) is 13.4 Å². The average Bonchev–Trinajstić information content (AvgIpc) is 2.66.